The van der Waals surface area contributed by atoms with Crippen LogP contribution in [0.1, 0.15) is 18.2 Å². The molecule has 1 N–H and O–H groups in total. The molecule has 1 heterocycles. The van der Waals surface area contributed by atoms with Crippen LogP contribution >= 0.6 is 0 Å². The zero-order chi connectivity index (χ0) is 17.2. The number of nitrogens with zero attached hydrogens (tertiary/aromatic N) is 3. The highest BCUT2D eigenvalue weighted by Crippen LogP contribution is 2.11. The number of aryl methyl sites for hydroxylation is 1. The average molecular weight is 340 g/mol. The fraction of sp³-hybridized carbons (Fsp3) is 0.118. The second-order valence-corrected chi connectivity index (χ2v) is 7.01. The van der Waals surface area contributed by atoms with Crippen LogP contribution in [-0.2, 0) is 10.0 Å². The molecule has 0 aliphatic rings. The van der Waals surface area contributed by atoms with Gasteiger partial charge in [0.2, 0.25) is 0 Å². The van der Waals surface area contributed by atoms with Crippen molar-refractivity contribution in [1.82, 2.24) is 14.8 Å². The molecule has 0 spiro atoms. The summed E-state index contributed by atoms with van der Waals surface area (Å²) < 4.78 is 24.5. The van der Waals surface area contributed by atoms with Crippen molar-refractivity contribution in [2.75, 3.05) is 0 Å². The second kappa shape index (κ2) is 6.37. The molecule has 0 fully saturated rings. The molecule has 0 saturated carbocycles. The number of hydrogen-bond acceptors (Lipinski definition) is 5. The van der Waals surface area contributed by atoms with E-state index in [1.54, 1.807) is 37.4 Å². The van der Waals surface area contributed by atoms with Gasteiger partial charge >= 0.3 is 0 Å². The van der Waals surface area contributed by atoms with Crippen molar-refractivity contribution in [3.63, 3.8) is 0 Å². The average Bonchev–Trinajstić information content (AvgIpc) is 2.59. The highest BCUT2D eigenvalue weighted by Gasteiger charge is 2.13. The van der Waals surface area contributed by atoms with Gasteiger partial charge in [-0.2, -0.15) is 18.4 Å². The Morgan fingerprint density at radius 1 is 1.04 bits per heavy atom. The Kier molecular flexibility index (Phi) is 4.26. The number of para-hydroxylation sites is 2. The van der Waals surface area contributed by atoms with Gasteiger partial charge in [-0.05, 0) is 38.1 Å². The van der Waals surface area contributed by atoms with Crippen LogP contribution < -0.4 is 4.83 Å². The quantitative estimate of drug-likeness (QED) is 0.584. The van der Waals surface area contributed by atoms with Crippen LogP contribution in [0.15, 0.2) is 64.7 Å². The van der Waals surface area contributed by atoms with Crippen molar-refractivity contribution >= 4 is 26.8 Å². The fourth-order valence-electron chi connectivity index (χ4n) is 2.09. The normalized spacial score (nSPS) is 12.3. The van der Waals surface area contributed by atoms with Gasteiger partial charge in [0.25, 0.3) is 10.0 Å². The van der Waals surface area contributed by atoms with E-state index in [1.807, 2.05) is 31.2 Å². The van der Waals surface area contributed by atoms with Gasteiger partial charge in [0, 0.05) is 0 Å². The third-order valence-corrected chi connectivity index (χ3v) is 4.71. The first kappa shape index (κ1) is 16.1. The highest BCUT2D eigenvalue weighted by molar-refractivity contribution is 7.89. The molecule has 0 aliphatic carbocycles. The van der Waals surface area contributed by atoms with E-state index in [-0.39, 0.29) is 4.90 Å². The molecule has 0 radical (unpaired) electrons. The molecule has 3 rings (SSSR count). The van der Waals surface area contributed by atoms with Crippen LogP contribution in [-0.4, -0.2) is 24.1 Å². The summed E-state index contributed by atoms with van der Waals surface area (Å²) in [7, 11) is -3.71. The molecule has 0 bridgehead atoms. The molecule has 2 aromatic carbocycles. The summed E-state index contributed by atoms with van der Waals surface area (Å²) in [5.41, 5.74) is 3.43. The smallest absolute Gasteiger partial charge is 0.252 e. The Morgan fingerprint density at radius 3 is 2.42 bits per heavy atom. The molecule has 0 saturated heterocycles. The molecular formula is C17H16N4O2S. The van der Waals surface area contributed by atoms with E-state index < -0.39 is 10.0 Å². The lowest BCUT2D eigenvalue weighted by atomic mass is 10.2. The summed E-state index contributed by atoms with van der Waals surface area (Å²) in [4.78, 5) is 11.1. The molecule has 0 amide bonds. The summed E-state index contributed by atoms with van der Waals surface area (Å²) in [5, 5.41) is 3.95. The van der Waals surface area contributed by atoms with Crippen LogP contribution in [0.2, 0.25) is 0 Å². The Bertz CT molecular complexity index is 1010. The van der Waals surface area contributed by atoms with Crippen LogP contribution in [0.5, 0.6) is 0 Å². The predicted molar refractivity (Wildman–Crippen MR) is 93.2 cm³/mol. The van der Waals surface area contributed by atoms with Crippen LogP contribution in [0.4, 0.5) is 0 Å². The number of hydrazone groups is 1. The van der Waals surface area contributed by atoms with E-state index in [2.05, 4.69) is 19.9 Å². The summed E-state index contributed by atoms with van der Waals surface area (Å²) in [5.74, 6) is 0. The van der Waals surface area contributed by atoms with E-state index in [0.717, 1.165) is 16.6 Å². The molecule has 3 aromatic rings. The molecular weight excluding hydrogens is 324 g/mol. The van der Waals surface area contributed by atoms with Crippen molar-refractivity contribution in [1.29, 1.82) is 0 Å². The minimum atomic E-state index is -3.71. The molecule has 0 unspecified atom stereocenters. The first-order valence-electron chi connectivity index (χ1n) is 7.31. The number of fused-ring (bicyclic) bond motifs is 1. The number of nitrogens with one attached hydrogen (secondary N) is 1. The zero-order valence-corrected chi connectivity index (χ0v) is 14.1. The summed E-state index contributed by atoms with van der Waals surface area (Å²) in [6.07, 6.45) is 1.57. The van der Waals surface area contributed by atoms with Gasteiger partial charge in [-0.25, -0.2) is 4.98 Å². The van der Waals surface area contributed by atoms with Crippen LogP contribution in [0.3, 0.4) is 0 Å². The van der Waals surface area contributed by atoms with Crippen LogP contribution in [0, 0.1) is 6.92 Å². The van der Waals surface area contributed by atoms with Crippen molar-refractivity contribution in [3.8, 4) is 0 Å². The monoisotopic (exact) mass is 340 g/mol. The second-order valence-electron chi connectivity index (χ2n) is 5.35. The maximum Gasteiger partial charge on any atom is 0.276 e. The van der Waals surface area contributed by atoms with Gasteiger partial charge in [0.05, 0.1) is 27.8 Å². The maximum atomic E-state index is 12.2. The summed E-state index contributed by atoms with van der Waals surface area (Å²) >= 11 is 0. The Balaban J connectivity index is 1.85. The van der Waals surface area contributed by atoms with Gasteiger partial charge in [0.15, 0.2) is 0 Å². The van der Waals surface area contributed by atoms with Crippen LogP contribution in [0.25, 0.3) is 11.0 Å². The maximum absolute atomic E-state index is 12.2. The number of sulfonamides is 1. The molecule has 122 valence electrons. The minimum absolute atomic E-state index is 0.161. The van der Waals surface area contributed by atoms with Gasteiger partial charge in [0.1, 0.15) is 5.69 Å². The third-order valence-electron chi connectivity index (χ3n) is 3.48. The SMILES string of the molecule is CC(=NNS(=O)(=O)c1ccc(C)cc1)c1cnc2ccccc2n1. The van der Waals surface area contributed by atoms with E-state index in [1.165, 1.54) is 0 Å². The van der Waals surface area contributed by atoms with Crippen molar-refractivity contribution in [2.24, 2.45) is 5.10 Å². The lowest BCUT2D eigenvalue weighted by Crippen LogP contribution is -2.20. The van der Waals surface area contributed by atoms with Crippen molar-refractivity contribution < 1.29 is 8.42 Å². The third kappa shape index (κ3) is 3.41. The Labute approximate surface area is 140 Å². The molecule has 0 atom stereocenters. The van der Waals surface area contributed by atoms with E-state index in [0.29, 0.717) is 11.4 Å². The number of benzene rings is 2. The van der Waals surface area contributed by atoms with E-state index in [9.17, 15) is 8.42 Å². The summed E-state index contributed by atoms with van der Waals surface area (Å²) in [6.45, 7) is 3.57. The van der Waals surface area contributed by atoms with E-state index in [4.69, 9.17) is 0 Å². The number of rotatable bonds is 4. The number of hydrogen-bond donors (Lipinski definition) is 1. The Hall–Kier alpha value is -2.80. The predicted octanol–water partition coefficient (Wildman–Crippen LogP) is 2.64. The van der Waals surface area contributed by atoms with Gasteiger partial charge in [-0.15, -0.1) is 0 Å². The number of aromatic nitrogens is 2. The molecule has 7 heteroatoms. The van der Waals surface area contributed by atoms with Crippen molar-refractivity contribution in [3.05, 3.63) is 66.0 Å². The van der Waals surface area contributed by atoms with Gasteiger partial charge in [-0.3, -0.25) is 4.98 Å². The molecule has 6 nitrogen and oxygen atoms in total. The molecule has 0 aliphatic heterocycles. The lowest BCUT2D eigenvalue weighted by Gasteiger charge is -2.06. The Morgan fingerprint density at radius 2 is 1.71 bits per heavy atom. The minimum Gasteiger partial charge on any atom is -0.252 e. The van der Waals surface area contributed by atoms with Gasteiger partial charge in [-0.1, -0.05) is 29.8 Å². The highest BCUT2D eigenvalue weighted by atomic mass is 32.2. The standard InChI is InChI=1S/C17H16N4O2S/c1-12-7-9-14(10-8-12)24(22,23)21-20-13(2)17-11-18-15-5-3-4-6-16(15)19-17/h3-11,21H,1-2H3. The van der Waals surface area contributed by atoms with Gasteiger partial charge < -0.3 is 0 Å². The molecule has 24 heavy (non-hydrogen) atoms. The lowest BCUT2D eigenvalue weighted by molar-refractivity contribution is 0.584. The largest absolute Gasteiger partial charge is 0.276 e. The first-order valence-corrected chi connectivity index (χ1v) is 8.79. The zero-order valence-electron chi connectivity index (χ0n) is 13.3. The first-order chi connectivity index (χ1) is 11.5. The van der Waals surface area contributed by atoms with E-state index >= 15 is 0 Å². The topological polar surface area (TPSA) is 84.3 Å². The molecule has 1 aromatic heterocycles. The fourth-order valence-corrected chi connectivity index (χ4v) is 2.94. The summed E-state index contributed by atoms with van der Waals surface area (Å²) in [6, 6.07) is 14.0. The van der Waals surface area contributed by atoms with Crippen molar-refractivity contribution in [2.45, 2.75) is 18.7 Å².